The molecule has 0 saturated heterocycles. The number of rotatable bonds is 6. The lowest BCUT2D eigenvalue weighted by molar-refractivity contribution is 0.669. The molecule has 1 unspecified atom stereocenters. The van der Waals surface area contributed by atoms with Gasteiger partial charge in [-0.2, -0.15) is 11.8 Å². The highest BCUT2D eigenvalue weighted by molar-refractivity contribution is 7.98. The molecule has 0 spiro atoms. The second kappa shape index (κ2) is 7.22. The van der Waals surface area contributed by atoms with Crippen molar-refractivity contribution in [3.05, 3.63) is 28.8 Å². The molecule has 0 fully saturated rings. The van der Waals surface area contributed by atoms with Crippen LogP contribution in [-0.2, 0) is 0 Å². The van der Waals surface area contributed by atoms with E-state index in [1.807, 2.05) is 30.0 Å². The van der Waals surface area contributed by atoms with Gasteiger partial charge in [0.05, 0.1) is 0 Å². The zero-order valence-corrected chi connectivity index (χ0v) is 13.3. The van der Waals surface area contributed by atoms with Crippen molar-refractivity contribution >= 4 is 46.3 Å². The zero-order chi connectivity index (χ0) is 13.7. The van der Waals surface area contributed by atoms with Gasteiger partial charge in [-0.05, 0) is 43.6 Å². The van der Waals surface area contributed by atoms with Crippen LogP contribution in [0.15, 0.2) is 18.2 Å². The van der Waals surface area contributed by atoms with Crippen LogP contribution in [0.4, 0.5) is 5.69 Å². The Labute approximate surface area is 124 Å². The van der Waals surface area contributed by atoms with Crippen LogP contribution < -0.4 is 10.6 Å². The molecule has 1 rings (SSSR count). The molecule has 0 bridgehead atoms. The van der Waals surface area contributed by atoms with Crippen molar-refractivity contribution in [3.63, 3.8) is 0 Å². The Morgan fingerprint density at radius 2 is 2.22 bits per heavy atom. The predicted molar refractivity (Wildman–Crippen MR) is 88.2 cm³/mol. The predicted octanol–water partition coefficient (Wildman–Crippen LogP) is 3.55. The van der Waals surface area contributed by atoms with E-state index < -0.39 is 0 Å². The normalized spacial score (nSPS) is 12.2. The molecular formula is C13H19ClN2S2. The highest BCUT2D eigenvalue weighted by Crippen LogP contribution is 2.26. The fraction of sp³-hybridized carbons (Fsp3) is 0.462. The third-order valence-electron chi connectivity index (χ3n) is 3.00. The second-order valence-corrected chi connectivity index (χ2v) is 6.13. The van der Waals surface area contributed by atoms with Gasteiger partial charge in [0.2, 0.25) is 0 Å². The van der Waals surface area contributed by atoms with Crippen molar-refractivity contribution in [2.45, 2.75) is 19.4 Å². The Kier molecular flexibility index (Phi) is 6.26. The lowest BCUT2D eigenvalue weighted by Gasteiger charge is -2.29. The summed E-state index contributed by atoms with van der Waals surface area (Å²) < 4.78 is 0. The summed E-state index contributed by atoms with van der Waals surface area (Å²) in [5.74, 6) is 1.14. The first-order chi connectivity index (χ1) is 8.47. The number of anilines is 1. The highest BCUT2D eigenvalue weighted by Gasteiger charge is 2.15. The standard InChI is InChI=1S/C13H19ClN2S2/c1-9(6-7-18-3)16(2)12-5-4-10(14)8-11(12)13(15)17/h4-5,8-9H,6-7H2,1-3H3,(H2,15,17). The summed E-state index contributed by atoms with van der Waals surface area (Å²) in [5.41, 5.74) is 7.65. The minimum absolute atomic E-state index is 0.386. The number of thiocarbonyl (C=S) groups is 1. The Hall–Kier alpha value is -0.450. The average Bonchev–Trinajstić information content (AvgIpc) is 2.34. The Balaban J connectivity index is 2.97. The minimum Gasteiger partial charge on any atom is -0.389 e. The number of nitrogens with two attached hydrogens (primary N) is 1. The van der Waals surface area contributed by atoms with Crippen LogP contribution in [0.1, 0.15) is 18.9 Å². The first-order valence-electron chi connectivity index (χ1n) is 5.78. The van der Waals surface area contributed by atoms with Crippen LogP contribution in [0.5, 0.6) is 0 Å². The molecule has 0 heterocycles. The number of thioether (sulfide) groups is 1. The molecule has 0 saturated carbocycles. The van der Waals surface area contributed by atoms with Crippen LogP contribution in [0.2, 0.25) is 5.02 Å². The van der Waals surface area contributed by atoms with Gasteiger partial charge in [-0.1, -0.05) is 23.8 Å². The molecule has 0 radical (unpaired) electrons. The molecular weight excluding hydrogens is 284 g/mol. The maximum atomic E-state index is 5.99. The summed E-state index contributed by atoms with van der Waals surface area (Å²) in [6.07, 6.45) is 3.24. The number of nitrogens with zero attached hydrogens (tertiary/aromatic N) is 1. The fourth-order valence-corrected chi connectivity index (χ4v) is 2.65. The summed E-state index contributed by atoms with van der Waals surface area (Å²) in [7, 11) is 2.07. The maximum Gasteiger partial charge on any atom is 0.106 e. The van der Waals surface area contributed by atoms with E-state index in [1.54, 1.807) is 0 Å². The Bertz CT molecular complexity index is 423. The summed E-state index contributed by atoms with van der Waals surface area (Å²) in [4.78, 5) is 2.59. The summed E-state index contributed by atoms with van der Waals surface area (Å²) >= 11 is 12.9. The molecule has 1 atom stereocenters. The van der Waals surface area contributed by atoms with E-state index in [4.69, 9.17) is 29.6 Å². The van der Waals surface area contributed by atoms with Crippen molar-refractivity contribution in [1.29, 1.82) is 0 Å². The van der Waals surface area contributed by atoms with Gasteiger partial charge in [0.15, 0.2) is 0 Å². The molecule has 100 valence electrons. The first kappa shape index (κ1) is 15.6. The Morgan fingerprint density at radius 3 is 2.78 bits per heavy atom. The van der Waals surface area contributed by atoms with E-state index in [9.17, 15) is 0 Å². The number of hydrogen-bond acceptors (Lipinski definition) is 3. The van der Waals surface area contributed by atoms with Gasteiger partial charge in [-0.15, -0.1) is 0 Å². The molecule has 0 aliphatic carbocycles. The van der Waals surface area contributed by atoms with Crippen molar-refractivity contribution in [3.8, 4) is 0 Å². The quantitative estimate of drug-likeness (QED) is 0.814. The van der Waals surface area contributed by atoms with Gasteiger partial charge in [0.25, 0.3) is 0 Å². The molecule has 1 aromatic carbocycles. The third kappa shape index (κ3) is 4.04. The van der Waals surface area contributed by atoms with Crippen molar-refractivity contribution in [1.82, 2.24) is 0 Å². The van der Waals surface area contributed by atoms with Gasteiger partial charge >= 0.3 is 0 Å². The Morgan fingerprint density at radius 1 is 1.56 bits per heavy atom. The van der Waals surface area contributed by atoms with E-state index in [-0.39, 0.29) is 0 Å². The SMILES string of the molecule is CSCCC(C)N(C)c1ccc(Cl)cc1C(N)=S. The van der Waals surface area contributed by atoms with Gasteiger partial charge in [-0.25, -0.2) is 0 Å². The van der Waals surface area contributed by atoms with Gasteiger partial charge in [0, 0.05) is 29.4 Å². The van der Waals surface area contributed by atoms with Crippen LogP contribution in [0.25, 0.3) is 0 Å². The highest BCUT2D eigenvalue weighted by atomic mass is 35.5. The van der Waals surface area contributed by atoms with Crippen LogP contribution >= 0.6 is 35.6 Å². The summed E-state index contributed by atoms with van der Waals surface area (Å²) in [6, 6.07) is 6.12. The summed E-state index contributed by atoms with van der Waals surface area (Å²) in [5, 5.41) is 0.659. The molecule has 2 nitrogen and oxygen atoms in total. The summed E-state index contributed by atoms with van der Waals surface area (Å²) in [6.45, 7) is 2.20. The van der Waals surface area contributed by atoms with Gasteiger partial charge in [-0.3, -0.25) is 0 Å². The van der Waals surface area contributed by atoms with E-state index in [0.717, 1.165) is 23.4 Å². The van der Waals surface area contributed by atoms with Crippen LogP contribution in [-0.4, -0.2) is 30.1 Å². The molecule has 18 heavy (non-hydrogen) atoms. The second-order valence-electron chi connectivity index (χ2n) is 4.27. The maximum absolute atomic E-state index is 5.99. The molecule has 0 amide bonds. The van der Waals surface area contributed by atoms with E-state index in [0.29, 0.717) is 16.1 Å². The largest absolute Gasteiger partial charge is 0.389 e. The van der Waals surface area contributed by atoms with Crippen molar-refractivity contribution in [2.75, 3.05) is 24.0 Å². The third-order valence-corrected chi connectivity index (χ3v) is 4.10. The van der Waals surface area contributed by atoms with E-state index in [2.05, 4.69) is 25.1 Å². The zero-order valence-electron chi connectivity index (χ0n) is 10.9. The van der Waals surface area contributed by atoms with Crippen LogP contribution in [0, 0.1) is 0 Å². The lowest BCUT2D eigenvalue weighted by atomic mass is 10.1. The van der Waals surface area contributed by atoms with Gasteiger partial charge in [0.1, 0.15) is 4.99 Å². The van der Waals surface area contributed by atoms with Crippen molar-refractivity contribution < 1.29 is 0 Å². The molecule has 2 N–H and O–H groups in total. The molecule has 0 aromatic heterocycles. The van der Waals surface area contributed by atoms with Crippen molar-refractivity contribution in [2.24, 2.45) is 5.73 Å². The topological polar surface area (TPSA) is 29.3 Å². The fourth-order valence-electron chi connectivity index (χ4n) is 1.73. The number of hydrogen-bond donors (Lipinski definition) is 1. The minimum atomic E-state index is 0.386. The van der Waals surface area contributed by atoms with E-state index >= 15 is 0 Å². The van der Waals surface area contributed by atoms with Crippen LogP contribution in [0.3, 0.4) is 0 Å². The molecule has 1 aromatic rings. The van der Waals surface area contributed by atoms with E-state index in [1.165, 1.54) is 0 Å². The first-order valence-corrected chi connectivity index (χ1v) is 7.96. The monoisotopic (exact) mass is 302 g/mol. The number of halogens is 1. The molecule has 0 aliphatic heterocycles. The van der Waals surface area contributed by atoms with Gasteiger partial charge < -0.3 is 10.6 Å². The smallest absolute Gasteiger partial charge is 0.106 e. The average molecular weight is 303 g/mol. The molecule has 0 aliphatic rings. The lowest BCUT2D eigenvalue weighted by Crippen LogP contribution is -2.31. The molecule has 5 heteroatoms. The number of benzene rings is 1.